The van der Waals surface area contributed by atoms with Crippen LogP contribution in [0.1, 0.15) is 26.7 Å². The molecule has 0 spiro atoms. The van der Waals surface area contributed by atoms with E-state index in [0.29, 0.717) is 0 Å². The molecular formula is C12H29N3. The SMILES string of the molecule is CCC(C)(CN)CN(C)CCCN(C)C. The maximum Gasteiger partial charge on any atom is 0.00443 e. The van der Waals surface area contributed by atoms with Crippen LogP contribution in [0.2, 0.25) is 0 Å². The maximum atomic E-state index is 5.81. The molecule has 0 aliphatic heterocycles. The van der Waals surface area contributed by atoms with Gasteiger partial charge in [0.2, 0.25) is 0 Å². The molecule has 0 aliphatic carbocycles. The molecule has 0 radical (unpaired) electrons. The minimum Gasteiger partial charge on any atom is -0.330 e. The van der Waals surface area contributed by atoms with Crippen LogP contribution in [0.5, 0.6) is 0 Å². The van der Waals surface area contributed by atoms with Gasteiger partial charge in [0, 0.05) is 6.54 Å². The van der Waals surface area contributed by atoms with E-state index < -0.39 is 0 Å². The quantitative estimate of drug-likeness (QED) is 0.661. The first-order valence-corrected chi connectivity index (χ1v) is 5.97. The summed E-state index contributed by atoms with van der Waals surface area (Å²) < 4.78 is 0. The lowest BCUT2D eigenvalue weighted by Crippen LogP contribution is -2.39. The van der Waals surface area contributed by atoms with E-state index in [1.54, 1.807) is 0 Å². The minimum absolute atomic E-state index is 0.285. The van der Waals surface area contributed by atoms with E-state index in [1.165, 1.54) is 6.42 Å². The van der Waals surface area contributed by atoms with Crippen molar-refractivity contribution in [2.75, 3.05) is 47.3 Å². The predicted molar refractivity (Wildman–Crippen MR) is 68.1 cm³/mol. The molecule has 1 atom stereocenters. The normalized spacial score (nSPS) is 16.0. The second-order valence-electron chi connectivity index (χ2n) is 5.26. The summed E-state index contributed by atoms with van der Waals surface area (Å²) in [5.41, 5.74) is 6.09. The third kappa shape index (κ3) is 6.88. The van der Waals surface area contributed by atoms with E-state index in [2.05, 4.69) is 44.8 Å². The molecule has 3 heteroatoms. The van der Waals surface area contributed by atoms with Gasteiger partial charge >= 0.3 is 0 Å². The minimum atomic E-state index is 0.285. The lowest BCUT2D eigenvalue weighted by molar-refractivity contribution is 0.186. The fourth-order valence-corrected chi connectivity index (χ4v) is 1.71. The molecule has 0 fully saturated rings. The number of hydrogen-bond donors (Lipinski definition) is 1. The molecule has 0 aromatic heterocycles. The monoisotopic (exact) mass is 215 g/mol. The van der Waals surface area contributed by atoms with Gasteiger partial charge in [-0.05, 0) is 59.0 Å². The van der Waals surface area contributed by atoms with Crippen LogP contribution in [0, 0.1) is 5.41 Å². The number of nitrogens with zero attached hydrogens (tertiary/aromatic N) is 2. The maximum absolute atomic E-state index is 5.81. The molecule has 0 amide bonds. The Labute approximate surface area is 95.6 Å². The molecule has 1 unspecified atom stereocenters. The molecule has 0 saturated heterocycles. The van der Waals surface area contributed by atoms with Crippen molar-refractivity contribution in [3.05, 3.63) is 0 Å². The summed E-state index contributed by atoms with van der Waals surface area (Å²) >= 11 is 0. The highest BCUT2D eigenvalue weighted by molar-refractivity contribution is 4.76. The van der Waals surface area contributed by atoms with Gasteiger partial charge in [-0.1, -0.05) is 13.8 Å². The Morgan fingerprint density at radius 2 is 1.73 bits per heavy atom. The summed E-state index contributed by atoms with van der Waals surface area (Å²) in [5.74, 6) is 0. The molecule has 0 aromatic carbocycles. The van der Waals surface area contributed by atoms with Crippen molar-refractivity contribution in [1.82, 2.24) is 9.80 Å². The van der Waals surface area contributed by atoms with Crippen LogP contribution in [0.3, 0.4) is 0 Å². The zero-order valence-corrected chi connectivity index (χ0v) is 11.2. The van der Waals surface area contributed by atoms with Gasteiger partial charge < -0.3 is 15.5 Å². The van der Waals surface area contributed by atoms with Crippen LogP contribution in [-0.4, -0.2) is 57.1 Å². The Morgan fingerprint density at radius 3 is 2.13 bits per heavy atom. The average molecular weight is 215 g/mol. The summed E-state index contributed by atoms with van der Waals surface area (Å²) in [5, 5.41) is 0. The summed E-state index contributed by atoms with van der Waals surface area (Å²) in [6.45, 7) is 8.70. The lowest BCUT2D eigenvalue weighted by atomic mass is 9.87. The van der Waals surface area contributed by atoms with Crippen LogP contribution in [0.4, 0.5) is 0 Å². The van der Waals surface area contributed by atoms with Crippen molar-refractivity contribution in [2.24, 2.45) is 11.1 Å². The van der Waals surface area contributed by atoms with Gasteiger partial charge in [-0.25, -0.2) is 0 Å². The van der Waals surface area contributed by atoms with Crippen molar-refractivity contribution in [1.29, 1.82) is 0 Å². The van der Waals surface area contributed by atoms with Crippen molar-refractivity contribution in [3.8, 4) is 0 Å². The molecule has 0 saturated carbocycles. The summed E-state index contributed by atoms with van der Waals surface area (Å²) in [7, 11) is 6.44. The molecule has 0 heterocycles. The van der Waals surface area contributed by atoms with Crippen LogP contribution in [-0.2, 0) is 0 Å². The van der Waals surface area contributed by atoms with E-state index in [-0.39, 0.29) is 5.41 Å². The zero-order valence-electron chi connectivity index (χ0n) is 11.2. The van der Waals surface area contributed by atoms with Crippen LogP contribution in [0.25, 0.3) is 0 Å². The Hall–Kier alpha value is -0.120. The molecule has 0 aromatic rings. The van der Waals surface area contributed by atoms with Gasteiger partial charge in [0.1, 0.15) is 0 Å². The van der Waals surface area contributed by atoms with Crippen molar-refractivity contribution in [2.45, 2.75) is 26.7 Å². The summed E-state index contributed by atoms with van der Waals surface area (Å²) in [6, 6.07) is 0. The molecule has 15 heavy (non-hydrogen) atoms. The molecule has 0 bridgehead atoms. The third-order valence-corrected chi connectivity index (χ3v) is 3.14. The first-order chi connectivity index (χ1) is 6.93. The highest BCUT2D eigenvalue weighted by Crippen LogP contribution is 2.20. The highest BCUT2D eigenvalue weighted by Gasteiger charge is 2.21. The smallest absolute Gasteiger partial charge is 0.00443 e. The Kier molecular flexibility index (Phi) is 7.14. The average Bonchev–Trinajstić information content (AvgIpc) is 2.17. The number of hydrogen-bond acceptors (Lipinski definition) is 3. The van der Waals surface area contributed by atoms with Crippen LogP contribution in [0.15, 0.2) is 0 Å². The van der Waals surface area contributed by atoms with E-state index >= 15 is 0 Å². The van der Waals surface area contributed by atoms with Crippen LogP contribution >= 0.6 is 0 Å². The molecule has 0 rings (SSSR count). The van der Waals surface area contributed by atoms with Gasteiger partial charge in [-0.2, -0.15) is 0 Å². The zero-order chi connectivity index (χ0) is 11.9. The third-order valence-electron chi connectivity index (χ3n) is 3.14. The summed E-state index contributed by atoms with van der Waals surface area (Å²) in [4.78, 5) is 4.63. The van der Waals surface area contributed by atoms with Crippen molar-refractivity contribution in [3.63, 3.8) is 0 Å². The second-order valence-corrected chi connectivity index (χ2v) is 5.26. The number of nitrogens with two attached hydrogens (primary N) is 1. The topological polar surface area (TPSA) is 32.5 Å². The van der Waals surface area contributed by atoms with Crippen LogP contribution < -0.4 is 5.73 Å². The molecule has 3 nitrogen and oxygen atoms in total. The van der Waals surface area contributed by atoms with E-state index in [1.807, 2.05) is 0 Å². The van der Waals surface area contributed by atoms with Gasteiger partial charge in [-0.3, -0.25) is 0 Å². The van der Waals surface area contributed by atoms with E-state index in [0.717, 1.165) is 32.6 Å². The highest BCUT2D eigenvalue weighted by atomic mass is 15.1. The molecule has 0 aliphatic rings. The predicted octanol–water partition coefficient (Wildman–Crippen LogP) is 1.24. The van der Waals surface area contributed by atoms with E-state index in [4.69, 9.17) is 5.73 Å². The summed E-state index contributed by atoms with van der Waals surface area (Å²) in [6.07, 6.45) is 2.38. The Morgan fingerprint density at radius 1 is 1.13 bits per heavy atom. The molecule has 2 N–H and O–H groups in total. The Bertz CT molecular complexity index is 153. The number of rotatable bonds is 8. The van der Waals surface area contributed by atoms with Gasteiger partial charge in [-0.15, -0.1) is 0 Å². The molecular weight excluding hydrogens is 186 g/mol. The lowest BCUT2D eigenvalue weighted by Gasteiger charge is -2.32. The molecule has 92 valence electrons. The first-order valence-electron chi connectivity index (χ1n) is 5.97. The largest absolute Gasteiger partial charge is 0.330 e. The van der Waals surface area contributed by atoms with Gasteiger partial charge in [0.25, 0.3) is 0 Å². The van der Waals surface area contributed by atoms with Crippen molar-refractivity contribution >= 4 is 0 Å². The standard InChI is InChI=1S/C12H29N3/c1-6-12(2,10-13)11-15(5)9-7-8-14(3)4/h6-11,13H2,1-5H3. The fraction of sp³-hybridized carbons (Fsp3) is 1.00. The van der Waals surface area contributed by atoms with E-state index in [9.17, 15) is 0 Å². The second kappa shape index (κ2) is 7.20. The van der Waals surface area contributed by atoms with Crippen molar-refractivity contribution < 1.29 is 0 Å². The Balaban J connectivity index is 3.76. The van der Waals surface area contributed by atoms with Gasteiger partial charge in [0.05, 0.1) is 0 Å². The van der Waals surface area contributed by atoms with Gasteiger partial charge in [0.15, 0.2) is 0 Å². The fourth-order valence-electron chi connectivity index (χ4n) is 1.71. The first kappa shape index (κ1) is 14.9.